The third kappa shape index (κ3) is 5.96. The number of hydrogen-bond donors (Lipinski definition) is 2. The molecule has 1 aromatic heterocycles. The Kier molecular flexibility index (Phi) is 8.57. The van der Waals surface area contributed by atoms with E-state index in [1.54, 1.807) is 0 Å². The van der Waals surface area contributed by atoms with Crippen molar-refractivity contribution in [3.8, 4) is 0 Å². The maximum Gasteiger partial charge on any atom is 0.306 e. The summed E-state index contributed by atoms with van der Waals surface area (Å²) >= 11 is 12.7. The second kappa shape index (κ2) is 11.2. The maximum atomic E-state index is 11.2. The summed E-state index contributed by atoms with van der Waals surface area (Å²) in [5, 5.41) is 17.4. The molecule has 2 aromatic rings. The Morgan fingerprint density at radius 2 is 1.76 bits per heavy atom. The Morgan fingerprint density at radius 3 is 2.27 bits per heavy atom. The van der Waals surface area contributed by atoms with Gasteiger partial charge in [-0.1, -0.05) is 29.3 Å². The van der Waals surface area contributed by atoms with E-state index in [1.807, 2.05) is 18.2 Å². The number of benzene rings is 1. The topological polar surface area (TPSA) is 94.0 Å². The quantitative estimate of drug-likeness (QED) is 0.587. The van der Waals surface area contributed by atoms with Gasteiger partial charge in [-0.15, -0.1) is 0 Å². The molecule has 0 bridgehead atoms. The van der Waals surface area contributed by atoms with Crippen LogP contribution in [-0.2, 0) is 16.1 Å². The van der Waals surface area contributed by atoms with E-state index in [0.29, 0.717) is 16.0 Å². The molecule has 0 atom stereocenters. The van der Waals surface area contributed by atoms with Crippen molar-refractivity contribution in [3.63, 3.8) is 0 Å². The molecule has 0 unspecified atom stereocenters. The number of aliphatic carboxylic acids is 1. The molecule has 178 valence electrons. The first-order valence-corrected chi connectivity index (χ1v) is 11.7. The summed E-state index contributed by atoms with van der Waals surface area (Å²) in [6.07, 6.45) is 1.45. The van der Waals surface area contributed by atoms with Gasteiger partial charge in [-0.2, -0.15) is 0 Å². The molecular weight excluding hydrogens is 465 g/mol. The van der Waals surface area contributed by atoms with E-state index >= 15 is 0 Å². The van der Waals surface area contributed by atoms with E-state index in [-0.39, 0.29) is 12.4 Å². The van der Waals surface area contributed by atoms with Crippen molar-refractivity contribution in [1.29, 1.82) is 0 Å². The minimum atomic E-state index is -0.666. The van der Waals surface area contributed by atoms with Crippen LogP contribution in [0.25, 0.3) is 0 Å². The fraction of sp³-hybridized carbons (Fsp3) is 0.458. The Balaban J connectivity index is 0.000000968. The molecule has 2 aliphatic heterocycles. The zero-order valence-corrected chi connectivity index (χ0v) is 20.3. The highest BCUT2D eigenvalue weighted by Crippen LogP contribution is 2.40. The third-order valence-electron chi connectivity index (χ3n) is 6.45. The largest absolute Gasteiger partial charge is 0.483 e. The number of pyridine rings is 1. The van der Waals surface area contributed by atoms with Crippen molar-refractivity contribution in [2.24, 2.45) is 5.92 Å². The number of hydrogen-bond acceptors (Lipinski definition) is 5. The van der Waals surface area contributed by atoms with Crippen molar-refractivity contribution in [2.75, 3.05) is 31.1 Å². The first-order valence-electron chi connectivity index (χ1n) is 10.9. The molecule has 4 rings (SSSR count). The van der Waals surface area contributed by atoms with Crippen molar-refractivity contribution < 1.29 is 19.8 Å². The lowest BCUT2D eigenvalue weighted by Crippen LogP contribution is -2.45. The van der Waals surface area contributed by atoms with Crippen molar-refractivity contribution in [2.45, 2.75) is 39.2 Å². The summed E-state index contributed by atoms with van der Waals surface area (Å²) in [6.45, 7) is 8.19. The van der Waals surface area contributed by atoms with Gasteiger partial charge >= 0.3 is 5.97 Å². The molecule has 33 heavy (non-hydrogen) atoms. The van der Waals surface area contributed by atoms with Gasteiger partial charge in [-0.3, -0.25) is 19.5 Å². The van der Waals surface area contributed by atoms with Crippen molar-refractivity contribution in [3.05, 3.63) is 56.8 Å². The molecule has 9 heteroatoms. The maximum absolute atomic E-state index is 11.2. The predicted molar refractivity (Wildman–Crippen MR) is 129 cm³/mol. The van der Waals surface area contributed by atoms with Crippen LogP contribution in [0, 0.1) is 19.8 Å². The minimum Gasteiger partial charge on any atom is -0.483 e. The van der Waals surface area contributed by atoms with Gasteiger partial charge < -0.3 is 15.1 Å². The van der Waals surface area contributed by atoms with Gasteiger partial charge in [0.25, 0.3) is 6.47 Å². The summed E-state index contributed by atoms with van der Waals surface area (Å²) in [5.41, 5.74) is 5.62. The number of halogens is 2. The van der Waals surface area contributed by atoms with Gasteiger partial charge in [0, 0.05) is 36.9 Å². The van der Waals surface area contributed by atoms with E-state index in [2.05, 4.69) is 29.7 Å². The highest BCUT2D eigenvalue weighted by atomic mass is 35.5. The normalized spacial score (nSPS) is 17.2. The summed E-state index contributed by atoms with van der Waals surface area (Å²) in [7, 11) is 0. The standard InChI is InChI=1S/C23H27Cl2N3O2.CH2O2/c1-14-10-21(17-11-28(12-17)22-19(24)4-3-5-20(22)25)26-15(2)18(14)13-27-8-6-16(7-9-27)23(29)30;2-1-3/h3-5,10,16-17H,6-9,11-13H2,1-2H3,(H,29,30);1H,(H,2,3). The number of aromatic nitrogens is 1. The molecule has 7 nitrogen and oxygen atoms in total. The monoisotopic (exact) mass is 493 g/mol. The average molecular weight is 494 g/mol. The van der Waals surface area contributed by atoms with Gasteiger partial charge in [-0.25, -0.2) is 0 Å². The van der Waals surface area contributed by atoms with Crippen LogP contribution in [0.3, 0.4) is 0 Å². The highest BCUT2D eigenvalue weighted by molar-refractivity contribution is 6.39. The van der Waals surface area contributed by atoms with Crippen LogP contribution < -0.4 is 4.90 Å². The second-order valence-corrected chi connectivity index (χ2v) is 9.41. The lowest BCUT2D eigenvalue weighted by Gasteiger charge is -2.42. The molecule has 3 heterocycles. The van der Waals surface area contributed by atoms with Crippen molar-refractivity contribution in [1.82, 2.24) is 9.88 Å². The first kappa shape index (κ1) is 25.3. The lowest BCUT2D eigenvalue weighted by molar-refractivity contribution is -0.143. The van der Waals surface area contributed by atoms with Crippen LogP contribution in [0.2, 0.25) is 10.0 Å². The molecule has 0 radical (unpaired) electrons. The molecule has 1 aromatic carbocycles. The molecule has 0 aliphatic carbocycles. The second-order valence-electron chi connectivity index (χ2n) is 8.59. The summed E-state index contributed by atoms with van der Waals surface area (Å²) in [5.74, 6) is -0.493. The van der Waals surface area contributed by atoms with Crippen LogP contribution >= 0.6 is 23.2 Å². The molecule has 2 N–H and O–H groups in total. The smallest absolute Gasteiger partial charge is 0.306 e. The molecule has 0 spiro atoms. The van der Waals surface area contributed by atoms with Gasteiger partial charge in [0.1, 0.15) is 0 Å². The highest BCUT2D eigenvalue weighted by Gasteiger charge is 2.32. The van der Waals surface area contributed by atoms with Crippen LogP contribution in [0.5, 0.6) is 0 Å². The number of anilines is 1. The van der Waals surface area contributed by atoms with E-state index < -0.39 is 5.97 Å². The average Bonchev–Trinajstić information content (AvgIpc) is 2.72. The van der Waals surface area contributed by atoms with E-state index in [9.17, 15) is 9.90 Å². The first-order chi connectivity index (χ1) is 15.7. The number of rotatable bonds is 5. The third-order valence-corrected chi connectivity index (χ3v) is 7.06. The number of carbonyl (C=O) groups is 2. The number of carboxylic acids is 1. The zero-order chi connectivity index (χ0) is 24.1. The summed E-state index contributed by atoms with van der Waals surface area (Å²) in [4.78, 5) is 29.0. The molecular formula is C24H29Cl2N3O4. The summed E-state index contributed by atoms with van der Waals surface area (Å²) in [6, 6.07) is 7.82. The van der Waals surface area contributed by atoms with Gasteiger partial charge in [0.2, 0.25) is 0 Å². The van der Waals surface area contributed by atoms with Gasteiger partial charge in [0.05, 0.1) is 21.7 Å². The Hall–Kier alpha value is -2.35. The van der Waals surface area contributed by atoms with Gasteiger partial charge in [-0.05, 0) is 69.1 Å². The Labute approximate surface area is 203 Å². The molecule has 0 saturated carbocycles. The number of piperidine rings is 1. The minimum absolute atomic E-state index is 0.197. The molecule has 0 amide bonds. The zero-order valence-electron chi connectivity index (χ0n) is 18.8. The number of nitrogens with zero attached hydrogens (tertiary/aromatic N) is 3. The fourth-order valence-corrected chi connectivity index (χ4v) is 5.17. The molecule has 2 aliphatic rings. The van der Waals surface area contributed by atoms with Crippen LogP contribution in [-0.4, -0.2) is 58.7 Å². The SMILES string of the molecule is Cc1cc(C2CN(c3c(Cl)cccc3Cl)C2)nc(C)c1CN1CCC(C(=O)O)CC1.O=CO. The van der Waals surface area contributed by atoms with E-state index in [4.69, 9.17) is 38.1 Å². The van der Waals surface area contributed by atoms with Gasteiger partial charge in [0.15, 0.2) is 0 Å². The van der Waals surface area contributed by atoms with Crippen LogP contribution in [0.4, 0.5) is 5.69 Å². The molecule has 2 fully saturated rings. The number of carboxylic acid groups (broad SMARTS) is 2. The lowest BCUT2D eigenvalue weighted by atomic mass is 9.92. The number of aryl methyl sites for hydroxylation is 2. The van der Waals surface area contributed by atoms with Crippen LogP contribution in [0.15, 0.2) is 24.3 Å². The fourth-order valence-electron chi connectivity index (χ4n) is 4.54. The number of likely N-dealkylation sites (tertiary alicyclic amines) is 1. The Morgan fingerprint density at radius 1 is 1.18 bits per heavy atom. The molecule has 2 saturated heterocycles. The van der Waals surface area contributed by atoms with Crippen molar-refractivity contribution >= 4 is 41.3 Å². The number of para-hydroxylation sites is 1. The van der Waals surface area contributed by atoms with Crippen LogP contribution in [0.1, 0.15) is 41.3 Å². The van der Waals surface area contributed by atoms with E-state index in [1.165, 1.54) is 11.1 Å². The Bertz CT molecular complexity index is 960. The predicted octanol–water partition coefficient (Wildman–Crippen LogP) is 4.61. The van der Waals surface area contributed by atoms with E-state index in [0.717, 1.165) is 62.6 Å². The summed E-state index contributed by atoms with van der Waals surface area (Å²) < 4.78 is 0.